The highest BCUT2D eigenvalue weighted by Gasteiger charge is 2.10. The third-order valence-corrected chi connectivity index (χ3v) is 2.60. The largest absolute Gasteiger partial charge is 0.344 e. The molecule has 0 unspecified atom stereocenters. The van der Waals surface area contributed by atoms with Crippen LogP contribution in [-0.2, 0) is 0 Å². The van der Waals surface area contributed by atoms with E-state index in [-0.39, 0.29) is 6.15 Å². The normalized spacial score (nSPS) is 9.13. The Morgan fingerprint density at radius 2 is 1.00 bits per heavy atom. The van der Waals surface area contributed by atoms with E-state index in [4.69, 9.17) is 0 Å². The second kappa shape index (κ2) is 5.37. The topological polar surface area (TPSA) is 35.0 Å². The molecule has 0 spiro atoms. The van der Waals surface area contributed by atoms with Crippen LogP contribution in [-0.4, -0.2) is 6.71 Å². The van der Waals surface area contributed by atoms with Crippen LogP contribution in [0, 0.1) is 0 Å². The smallest absolute Gasteiger partial charge is 0.206 e. The first kappa shape index (κ1) is 11.5. The molecule has 15 heavy (non-hydrogen) atoms. The first-order chi connectivity index (χ1) is 6.88. The molecule has 2 aromatic carbocycles. The summed E-state index contributed by atoms with van der Waals surface area (Å²) in [6.07, 6.45) is 0. The molecule has 3 N–H and O–H groups in total. The minimum absolute atomic E-state index is 0. The fourth-order valence-electron chi connectivity index (χ4n) is 1.68. The summed E-state index contributed by atoms with van der Waals surface area (Å²) in [7, 11) is 0. The van der Waals surface area contributed by atoms with Gasteiger partial charge in [0.25, 0.3) is 0 Å². The molecule has 0 saturated heterocycles. The van der Waals surface area contributed by atoms with E-state index in [2.05, 4.69) is 67.5 Å². The average Bonchev–Trinajstić information content (AvgIpc) is 2.30. The van der Waals surface area contributed by atoms with Gasteiger partial charge in [-0.2, -0.15) is 0 Å². The molecule has 0 aromatic heterocycles. The van der Waals surface area contributed by atoms with Crippen LogP contribution in [0.15, 0.2) is 60.7 Å². The Kier molecular flexibility index (Phi) is 4.13. The van der Waals surface area contributed by atoms with E-state index >= 15 is 0 Å². The first-order valence-corrected chi connectivity index (χ1v) is 4.98. The van der Waals surface area contributed by atoms with Crippen LogP contribution in [0.5, 0.6) is 0 Å². The molecule has 0 bridgehead atoms. The van der Waals surface area contributed by atoms with Gasteiger partial charge in [0.2, 0.25) is 6.71 Å². The van der Waals surface area contributed by atoms with Gasteiger partial charge in [-0.05, 0) is 0 Å². The molecule has 0 aliphatic carbocycles. The van der Waals surface area contributed by atoms with Crippen LogP contribution >= 0.6 is 0 Å². The van der Waals surface area contributed by atoms with Crippen LogP contribution in [0.4, 0.5) is 0 Å². The van der Waals surface area contributed by atoms with Crippen molar-refractivity contribution in [3.63, 3.8) is 0 Å². The van der Waals surface area contributed by atoms with Crippen molar-refractivity contribution >= 4 is 17.6 Å². The number of benzene rings is 2. The molecule has 0 amide bonds. The zero-order chi connectivity index (χ0) is 9.80. The van der Waals surface area contributed by atoms with Crippen molar-refractivity contribution in [1.29, 1.82) is 0 Å². The van der Waals surface area contributed by atoms with Crippen molar-refractivity contribution in [1.82, 2.24) is 6.15 Å². The van der Waals surface area contributed by atoms with Crippen molar-refractivity contribution in [2.24, 2.45) is 0 Å². The van der Waals surface area contributed by atoms with Gasteiger partial charge in [0.15, 0.2) is 0 Å². The van der Waals surface area contributed by atoms with Crippen LogP contribution in [0.2, 0.25) is 6.82 Å². The molecule has 0 aliphatic heterocycles. The fourth-order valence-corrected chi connectivity index (χ4v) is 1.68. The number of hydrogen-bond donors (Lipinski definition) is 1. The second-order valence-electron chi connectivity index (χ2n) is 3.54. The molecule has 0 radical (unpaired) electrons. The lowest BCUT2D eigenvalue weighted by atomic mass is 9.43. The minimum atomic E-state index is 0. The van der Waals surface area contributed by atoms with Gasteiger partial charge in [0.05, 0.1) is 0 Å². The summed E-state index contributed by atoms with van der Waals surface area (Å²) >= 11 is 0. The van der Waals surface area contributed by atoms with Gasteiger partial charge in [0, 0.05) is 0 Å². The number of rotatable bonds is 2. The summed E-state index contributed by atoms with van der Waals surface area (Å²) in [6, 6.07) is 21.2. The highest BCUT2D eigenvalue weighted by molar-refractivity contribution is 6.84. The quantitative estimate of drug-likeness (QED) is 0.735. The van der Waals surface area contributed by atoms with Gasteiger partial charge in [-0.1, -0.05) is 78.4 Å². The molecule has 2 aromatic rings. The SMILES string of the molecule is CB(c1ccccc1)c1ccccc1.N. The number of hydrogen-bond acceptors (Lipinski definition) is 1. The summed E-state index contributed by atoms with van der Waals surface area (Å²) in [5.74, 6) is 0. The molecule has 2 heteroatoms. The summed E-state index contributed by atoms with van der Waals surface area (Å²) in [5.41, 5.74) is 2.75. The lowest BCUT2D eigenvalue weighted by Gasteiger charge is -2.08. The van der Waals surface area contributed by atoms with Gasteiger partial charge in [-0.15, -0.1) is 0 Å². The minimum Gasteiger partial charge on any atom is -0.344 e. The average molecular weight is 197 g/mol. The van der Waals surface area contributed by atoms with E-state index < -0.39 is 0 Å². The van der Waals surface area contributed by atoms with Gasteiger partial charge < -0.3 is 6.15 Å². The lowest BCUT2D eigenvalue weighted by molar-refractivity contribution is 1.72. The maximum atomic E-state index is 2.24. The molecule has 2 rings (SSSR count). The van der Waals surface area contributed by atoms with Crippen molar-refractivity contribution in [2.45, 2.75) is 6.82 Å². The predicted octanol–water partition coefficient (Wildman–Crippen LogP) is 2.09. The van der Waals surface area contributed by atoms with Crippen molar-refractivity contribution in [2.75, 3.05) is 0 Å². The van der Waals surface area contributed by atoms with E-state index in [0.717, 1.165) is 0 Å². The first-order valence-electron chi connectivity index (χ1n) is 4.98. The third-order valence-electron chi connectivity index (χ3n) is 2.60. The molecule has 0 fully saturated rings. The van der Waals surface area contributed by atoms with Crippen LogP contribution in [0.25, 0.3) is 0 Å². The van der Waals surface area contributed by atoms with E-state index in [0.29, 0.717) is 6.71 Å². The van der Waals surface area contributed by atoms with Gasteiger partial charge in [-0.25, -0.2) is 0 Å². The summed E-state index contributed by atoms with van der Waals surface area (Å²) in [4.78, 5) is 0. The maximum absolute atomic E-state index is 2.24. The lowest BCUT2D eigenvalue weighted by Crippen LogP contribution is -2.38. The van der Waals surface area contributed by atoms with E-state index in [1.165, 1.54) is 10.9 Å². The Bertz CT molecular complexity index is 346. The maximum Gasteiger partial charge on any atom is 0.206 e. The van der Waals surface area contributed by atoms with E-state index in [1.807, 2.05) is 0 Å². The van der Waals surface area contributed by atoms with Crippen molar-refractivity contribution in [3.8, 4) is 0 Å². The van der Waals surface area contributed by atoms with E-state index in [1.54, 1.807) is 0 Å². The van der Waals surface area contributed by atoms with Crippen molar-refractivity contribution < 1.29 is 0 Å². The molecule has 1 nitrogen and oxygen atoms in total. The zero-order valence-electron chi connectivity index (χ0n) is 9.06. The van der Waals surface area contributed by atoms with Gasteiger partial charge >= 0.3 is 0 Å². The summed E-state index contributed by atoms with van der Waals surface area (Å²) in [6.45, 7) is 2.72. The monoisotopic (exact) mass is 197 g/mol. The standard InChI is InChI=1S/C13H13B.H3N/c1-14(12-8-4-2-5-9-12)13-10-6-3-7-11-13;/h2-11H,1H3;1H3. The Morgan fingerprint density at radius 1 is 0.667 bits per heavy atom. The predicted molar refractivity (Wildman–Crippen MR) is 68.8 cm³/mol. The Labute approximate surface area is 91.8 Å². The van der Waals surface area contributed by atoms with Gasteiger partial charge in [0.1, 0.15) is 0 Å². The Balaban J connectivity index is 0.00000112. The Hall–Kier alpha value is -1.54. The summed E-state index contributed by atoms with van der Waals surface area (Å²) in [5, 5.41) is 0. The second-order valence-corrected chi connectivity index (χ2v) is 3.54. The molecule has 76 valence electrons. The Morgan fingerprint density at radius 3 is 1.33 bits per heavy atom. The third kappa shape index (κ3) is 2.70. The molecule has 0 heterocycles. The molecular formula is C13H16BN. The van der Waals surface area contributed by atoms with Crippen LogP contribution < -0.4 is 17.1 Å². The van der Waals surface area contributed by atoms with Gasteiger partial charge in [-0.3, -0.25) is 0 Å². The zero-order valence-corrected chi connectivity index (χ0v) is 9.06. The highest BCUT2D eigenvalue weighted by Crippen LogP contribution is 1.91. The molecule has 0 saturated carbocycles. The summed E-state index contributed by atoms with van der Waals surface area (Å²) < 4.78 is 0. The highest BCUT2D eigenvalue weighted by atomic mass is 14.0. The van der Waals surface area contributed by atoms with Crippen LogP contribution in [0.1, 0.15) is 0 Å². The fraction of sp³-hybridized carbons (Fsp3) is 0.0769. The molecular weight excluding hydrogens is 181 g/mol. The van der Waals surface area contributed by atoms with E-state index in [9.17, 15) is 0 Å². The molecule has 0 aliphatic rings. The van der Waals surface area contributed by atoms with Crippen LogP contribution in [0.3, 0.4) is 0 Å². The molecule has 0 atom stereocenters. The van der Waals surface area contributed by atoms with Crippen molar-refractivity contribution in [3.05, 3.63) is 60.7 Å².